The third kappa shape index (κ3) is 4.96. The molecule has 2 fully saturated rings. The van der Waals surface area contributed by atoms with Gasteiger partial charge in [-0.15, -0.1) is 20.4 Å². The van der Waals surface area contributed by atoms with E-state index in [1.807, 2.05) is 35.9 Å². The third-order valence-corrected chi connectivity index (χ3v) is 8.84. The second-order valence-corrected chi connectivity index (χ2v) is 11.2. The van der Waals surface area contributed by atoms with Crippen molar-refractivity contribution in [3.05, 3.63) is 66.1 Å². The van der Waals surface area contributed by atoms with Crippen molar-refractivity contribution in [1.29, 1.82) is 0 Å². The quantitative estimate of drug-likeness (QED) is 0.203. The highest BCUT2D eigenvalue weighted by atomic mass is 32.2. The van der Waals surface area contributed by atoms with Gasteiger partial charge in [0.2, 0.25) is 12.3 Å². The minimum Gasteiger partial charge on any atom is -0.423 e. The summed E-state index contributed by atoms with van der Waals surface area (Å²) < 4.78 is 45.9. The van der Waals surface area contributed by atoms with Crippen LogP contribution in [-0.4, -0.2) is 55.2 Å². The summed E-state index contributed by atoms with van der Waals surface area (Å²) in [5, 5.41) is 17.3. The van der Waals surface area contributed by atoms with Crippen LogP contribution >= 0.6 is 11.8 Å². The summed E-state index contributed by atoms with van der Waals surface area (Å²) >= 11 is 1.70. The fourth-order valence-electron chi connectivity index (χ4n) is 5.55. The number of likely N-dealkylation sites (tertiary alicyclic amines) is 1. The number of hydrogen-bond donors (Lipinski definition) is 0. The standard InChI is InChI=1S/C27H27F3N6OS/c1-35-23(19-3-5-20(6-4-19)24-33-31-17-37-24)32-34-25(35)38-14-2-12-36-13-11-26(16-36)15-22(26)18-7-9-21(10-8-18)27(28,29)30/h3-10,17,22H,2,11-16H2,1H3/t22-,26+/m1/s1. The van der Waals surface area contributed by atoms with Gasteiger partial charge in [0.15, 0.2) is 11.0 Å². The molecule has 1 saturated heterocycles. The van der Waals surface area contributed by atoms with Crippen molar-refractivity contribution in [1.82, 2.24) is 29.9 Å². The molecule has 0 radical (unpaired) electrons. The predicted molar refractivity (Wildman–Crippen MR) is 137 cm³/mol. The number of aromatic nitrogens is 5. The molecule has 2 aromatic heterocycles. The van der Waals surface area contributed by atoms with Crippen LogP contribution < -0.4 is 0 Å². The van der Waals surface area contributed by atoms with E-state index in [1.54, 1.807) is 23.9 Å². The van der Waals surface area contributed by atoms with Gasteiger partial charge in [-0.3, -0.25) is 0 Å². The third-order valence-electron chi connectivity index (χ3n) is 7.73. The summed E-state index contributed by atoms with van der Waals surface area (Å²) in [6.07, 6.45) is 0.248. The van der Waals surface area contributed by atoms with Crippen molar-refractivity contribution in [2.45, 2.75) is 36.5 Å². The first-order valence-electron chi connectivity index (χ1n) is 12.6. The minimum atomic E-state index is -4.28. The molecule has 2 aromatic carbocycles. The summed E-state index contributed by atoms with van der Waals surface area (Å²) in [5.41, 5.74) is 2.52. The first-order valence-corrected chi connectivity index (χ1v) is 13.6. The highest BCUT2D eigenvalue weighted by Gasteiger charge is 2.57. The maximum atomic E-state index is 12.9. The van der Waals surface area contributed by atoms with E-state index in [0.29, 0.717) is 11.8 Å². The zero-order valence-electron chi connectivity index (χ0n) is 20.9. The Morgan fingerprint density at radius 2 is 1.79 bits per heavy atom. The smallest absolute Gasteiger partial charge is 0.416 e. The largest absolute Gasteiger partial charge is 0.423 e. The van der Waals surface area contributed by atoms with Crippen LogP contribution in [0, 0.1) is 5.41 Å². The number of alkyl halides is 3. The molecule has 1 aliphatic heterocycles. The molecule has 11 heteroatoms. The Morgan fingerprint density at radius 3 is 2.50 bits per heavy atom. The van der Waals surface area contributed by atoms with Gasteiger partial charge in [-0.05, 0) is 73.5 Å². The van der Waals surface area contributed by atoms with Gasteiger partial charge in [-0.25, -0.2) is 0 Å². The van der Waals surface area contributed by atoms with E-state index in [9.17, 15) is 13.2 Å². The zero-order valence-corrected chi connectivity index (χ0v) is 21.7. The SMILES string of the molecule is Cn1c(SCCCN2CC[C@]3(C[C@@H]3c3ccc(C(F)(F)F)cc3)C2)nnc1-c1ccc(-c2nnco2)cc1. The van der Waals surface area contributed by atoms with Gasteiger partial charge in [0.25, 0.3) is 0 Å². The summed E-state index contributed by atoms with van der Waals surface area (Å²) in [4.78, 5) is 2.50. The van der Waals surface area contributed by atoms with E-state index >= 15 is 0 Å². The van der Waals surface area contributed by atoms with Crippen LogP contribution in [0.25, 0.3) is 22.8 Å². The molecule has 1 aliphatic carbocycles. The normalized spacial score (nSPS) is 21.4. The van der Waals surface area contributed by atoms with E-state index in [0.717, 1.165) is 72.3 Å². The molecule has 198 valence electrons. The van der Waals surface area contributed by atoms with E-state index in [-0.39, 0.29) is 5.41 Å². The number of hydrogen-bond acceptors (Lipinski definition) is 7. The van der Waals surface area contributed by atoms with Gasteiger partial charge >= 0.3 is 6.18 Å². The monoisotopic (exact) mass is 540 g/mol. The Bertz CT molecular complexity index is 1390. The van der Waals surface area contributed by atoms with Gasteiger partial charge < -0.3 is 13.9 Å². The van der Waals surface area contributed by atoms with E-state index in [1.165, 1.54) is 18.5 Å². The van der Waals surface area contributed by atoms with E-state index < -0.39 is 11.7 Å². The topological polar surface area (TPSA) is 72.9 Å². The van der Waals surface area contributed by atoms with Crippen molar-refractivity contribution in [3.63, 3.8) is 0 Å². The lowest BCUT2D eigenvalue weighted by atomic mass is 9.97. The second kappa shape index (κ2) is 9.85. The molecule has 2 atom stereocenters. The molecule has 6 rings (SSSR count). The molecular weight excluding hydrogens is 513 g/mol. The first kappa shape index (κ1) is 25.1. The van der Waals surface area contributed by atoms with Crippen LogP contribution in [0.2, 0.25) is 0 Å². The fourth-order valence-corrected chi connectivity index (χ4v) is 6.39. The molecule has 1 spiro atoms. The van der Waals surface area contributed by atoms with Crippen molar-refractivity contribution >= 4 is 11.8 Å². The van der Waals surface area contributed by atoms with Gasteiger partial charge in [-0.1, -0.05) is 36.0 Å². The predicted octanol–water partition coefficient (Wildman–Crippen LogP) is 5.91. The van der Waals surface area contributed by atoms with Crippen molar-refractivity contribution in [2.24, 2.45) is 12.5 Å². The van der Waals surface area contributed by atoms with Crippen LogP contribution in [-0.2, 0) is 13.2 Å². The molecular formula is C27H27F3N6OS. The van der Waals surface area contributed by atoms with Crippen LogP contribution in [0.4, 0.5) is 13.2 Å². The highest BCUT2D eigenvalue weighted by molar-refractivity contribution is 7.99. The Kier molecular flexibility index (Phi) is 6.51. The van der Waals surface area contributed by atoms with Crippen molar-refractivity contribution < 1.29 is 17.6 Å². The number of rotatable bonds is 8. The molecule has 4 aromatic rings. The lowest BCUT2D eigenvalue weighted by Gasteiger charge is -2.16. The summed E-state index contributed by atoms with van der Waals surface area (Å²) in [7, 11) is 1.97. The van der Waals surface area contributed by atoms with Crippen LogP contribution in [0.1, 0.15) is 36.3 Å². The number of benzene rings is 2. The molecule has 1 saturated carbocycles. The van der Waals surface area contributed by atoms with E-state index in [2.05, 4.69) is 25.3 Å². The molecule has 38 heavy (non-hydrogen) atoms. The van der Waals surface area contributed by atoms with Crippen LogP contribution in [0.3, 0.4) is 0 Å². The Balaban J connectivity index is 0.976. The number of nitrogens with zero attached hydrogens (tertiary/aromatic N) is 6. The van der Waals surface area contributed by atoms with E-state index in [4.69, 9.17) is 4.42 Å². The highest BCUT2D eigenvalue weighted by Crippen LogP contribution is 2.64. The van der Waals surface area contributed by atoms with Crippen LogP contribution in [0.15, 0.2) is 64.5 Å². The number of halogens is 3. The number of thioether (sulfide) groups is 1. The fraction of sp³-hybridized carbons (Fsp3) is 0.407. The average molecular weight is 541 g/mol. The van der Waals surface area contributed by atoms with Gasteiger partial charge in [0.1, 0.15) is 0 Å². The lowest BCUT2D eigenvalue weighted by molar-refractivity contribution is -0.137. The molecule has 0 N–H and O–H groups in total. The summed E-state index contributed by atoms with van der Waals surface area (Å²) in [6, 6.07) is 13.6. The molecule has 7 nitrogen and oxygen atoms in total. The molecule has 3 heterocycles. The maximum Gasteiger partial charge on any atom is 0.416 e. The van der Waals surface area contributed by atoms with Crippen molar-refractivity contribution in [3.8, 4) is 22.8 Å². The zero-order chi connectivity index (χ0) is 26.3. The summed E-state index contributed by atoms with van der Waals surface area (Å²) in [6.45, 7) is 3.09. The maximum absolute atomic E-state index is 12.9. The second-order valence-electron chi connectivity index (χ2n) is 10.2. The molecule has 0 unspecified atom stereocenters. The van der Waals surface area contributed by atoms with Gasteiger partial charge in [-0.2, -0.15) is 13.2 Å². The minimum absolute atomic E-state index is 0.241. The van der Waals surface area contributed by atoms with Crippen LogP contribution in [0.5, 0.6) is 0 Å². The summed E-state index contributed by atoms with van der Waals surface area (Å²) in [5.74, 6) is 2.59. The molecule has 0 amide bonds. The molecule has 2 aliphatic rings. The Hall–Kier alpha value is -3.18. The van der Waals surface area contributed by atoms with Gasteiger partial charge in [0, 0.05) is 30.5 Å². The average Bonchev–Trinajstić information content (AvgIpc) is 3.29. The lowest BCUT2D eigenvalue weighted by Crippen LogP contribution is -2.23. The van der Waals surface area contributed by atoms with Gasteiger partial charge in [0.05, 0.1) is 5.56 Å². The Morgan fingerprint density at radius 1 is 1.03 bits per heavy atom. The first-order chi connectivity index (χ1) is 18.3. The van der Waals surface area contributed by atoms with Crippen molar-refractivity contribution in [2.75, 3.05) is 25.4 Å². The Labute approximate surface area is 222 Å². The molecule has 0 bridgehead atoms.